The molecule has 2 aromatic heterocycles. The maximum atomic E-state index is 4.25. The van der Waals surface area contributed by atoms with Crippen LogP contribution >= 0.6 is 0 Å². The van der Waals surface area contributed by atoms with Crippen LogP contribution in [0.5, 0.6) is 0 Å². The number of rotatable bonds is 1. The lowest BCUT2D eigenvalue weighted by Gasteiger charge is -2.02. The second-order valence-corrected chi connectivity index (χ2v) is 3.45. The summed E-state index contributed by atoms with van der Waals surface area (Å²) in [5, 5.41) is 8.27. The molecule has 4 heteroatoms. The molecule has 0 aliphatic carbocycles. The van der Waals surface area contributed by atoms with Crippen molar-refractivity contribution >= 4 is 5.65 Å². The van der Waals surface area contributed by atoms with Crippen molar-refractivity contribution in [2.24, 2.45) is 0 Å². The fourth-order valence-electron chi connectivity index (χ4n) is 1.22. The highest BCUT2D eigenvalue weighted by Gasteiger charge is 2.04. The molecule has 2 heterocycles. The van der Waals surface area contributed by atoms with E-state index in [1.165, 1.54) is 5.56 Å². The van der Waals surface area contributed by atoms with Gasteiger partial charge in [-0.25, -0.2) is 4.98 Å². The van der Waals surface area contributed by atoms with E-state index in [0.717, 1.165) is 11.5 Å². The summed E-state index contributed by atoms with van der Waals surface area (Å²) in [6.07, 6.45) is 1.84. The third-order valence-electron chi connectivity index (χ3n) is 2.00. The molecular weight excluding hydrogens is 164 g/mol. The van der Waals surface area contributed by atoms with Gasteiger partial charge >= 0.3 is 0 Å². The summed E-state index contributed by atoms with van der Waals surface area (Å²) < 4.78 is 1.56. The monoisotopic (exact) mass is 176 g/mol. The minimum Gasteiger partial charge on any atom is -0.210 e. The summed E-state index contributed by atoms with van der Waals surface area (Å²) in [5.41, 5.74) is 2.02. The first-order chi connectivity index (χ1) is 6.16. The average molecular weight is 176 g/mol. The zero-order valence-corrected chi connectivity index (χ0v) is 8.02. The van der Waals surface area contributed by atoms with Crippen LogP contribution in [-0.4, -0.2) is 19.8 Å². The Morgan fingerprint density at radius 2 is 2.15 bits per heavy atom. The molecule has 0 saturated heterocycles. The van der Waals surface area contributed by atoms with Crippen LogP contribution in [0.3, 0.4) is 0 Å². The topological polar surface area (TPSA) is 43.1 Å². The van der Waals surface area contributed by atoms with E-state index < -0.39 is 0 Å². The zero-order chi connectivity index (χ0) is 9.42. The van der Waals surface area contributed by atoms with Gasteiger partial charge in [0.15, 0.2) is 5.65 Å². The van der Waals surface area contributed by atoms with Crippen molar-refractivity contribution in [1.29, 1.82) is 0 Å². The predicted octanol–water partition coefficient (Wildman–Crippen LogP) is 1.56. The van der Waals surface area contributed by atoms with Crippen LogP contribution in [0.15, 0.2) is 12.3 Å². The number of nitrogens with zero attached hydrogens (tertiary/aromatic N) is 4. The van der Waals surface area contributed by atoms with E-state index in [0.29, 0.717) is 5.92 Å². The van der Waals surface area contributed by atoms with E-state index in [4.69, 9.17) is 0 Å². The smallest absolute Gasteiger partial charge is 0.176 e. The van der Waals surface area contributed by atoms with Gasteiger partial charge in [-0.3, -0.25) is 0 Å². The number of hydrogen-bond donors (Lipinski definition) is 0. The highest BCUT2D eigenvalue weighted by atomic mass is 15.4. The third-order valence-corrected chi connectivity index (χ3v) is 2.00. The summed E-state index contributed by atoms with van der Waals surface area (Å²) in [7, 11) is 0. The van der Waals surface area contributed by atoms with Crippen molar-refractivity contribution < 1.29 is 0 Å². The summed E-state index contributed by atoms with van der Waals surface area (Å²) >= 11 is 0. The molecular formula is C9H12N4. The van der Waals surface area contributed by atoms with Gasteiger partial charge in [0, 0.05) is 0 Å². The van der Waals surface area contributed by atoms with E-state index in [-0.39, 0.29) is 0 Å². The van der Waals surface area contributed by atoms with Crippen LogP contribution in [0.4, 0.5) is 0 Å². The maximum Gasteiger partial charge on any atom is 0.176 e. The second kappa shape index (κ2) is 2.80. The molecule has 0 aliphatic rings. The Bertz CT molecular complexity index is 430. The molecule has 0 aliphatic heterocycles. The molecule has 0 spiro atoms. The van der Waals surface area contributed by atoms with Gasteiger partial charge in [0.2, 0.25) is 0 Å². The maximum absolute atomic E-state index is 4.25. The Balaban J connectivity index is 2.61. The van der Waals surface area contributed by atoms with Crippen LogP contribution in [0, 0.1) is 6.92 Å². The second-order valence-electron chi connectivity index (χ2n) is 3.45. The Morgan fingerprint density at radius 3 is 2.85 bits per heavy atom. The highest BCUT2D eigenvalue weighted by Crippen LogP contribution is 2.13. The molecule has 0 N–H and O–H groups in total. The van der Waals surface area contributed by atoms with Gasteiger partial charge in [0.05, 0.1) is 6.20 Å². The Kier molecular flexibility index (Phi) is 1.76. The molecule has 0 saturated carbocycles. The molecule has 4 nitrogen and oxygen atoms in total. The van der Waals surface area contributed by atoms with Crippen molar-refractivity contribution in [3.05, 3.63) is 23.7 Å². The lowest BCUT2D eigenvalue weighted by Crippen LogP contribution is -1.97. The van der Waals surface area contributed by atoms with Crippen molar-refractivity contribution in [3.8, 4) is 0 Å². The fourth-order valence-corrected chi connectivity index (χ4v) is 1.22. The Morgan fingerprint density at radius 1 is 1.38 bits per heavy atom. The van der Waals surface area contributed by atoms with E-state index in [1.807, 2.05) is 19.2 Å². The van der Waals surface area contributed by atoms with E-state index in [9.17, 15) is 0 Å². The number of fused-ring (bicyclic) bond motifs is 1. The minimum absolute atomic E-state index is 0.481. The average Bonchev–Trinajstić information content (AvgIpc) is 2.42. The van der Waals surface area contributed by atoms with Crippen LogP contribution in [-0.2, 0) is 0 Å². The van der Waals surface area contributed by atoms with Gasteiger partial charge in [-0.1, -0.05) is 13.8 Å². The molecule has 0 fully saturated rings. The van der Waals surface area contributed by atoms with Gasteiger partial charge in [-0.2, -0.15) is 5.10 Å². The van der Waals surface area contributed by atoms with E-state index in [1.54, 1.807) is 4.63 Å². The lowest BCUT2D eigenvalue weighted by molar-refractivity contribution is 0.763. The summed E-state index contributed by atoms with van der Waals surface area (Å²) in [6.45, 7) is 6.14. The number of aromatic nitrogens is 4. The first-order valence-electron chi connectivity index (χ1n) is 4.36. The zero-order valence-electron chi connectivity index (χ0n) is 8.02. The van der Waals surface area contributed by atoms with Crippen LogP contribution in [0.2, 0.25) is 0 Å². The van der Waals surface area contributed by atoms with Gasteiger partial charge in [-0.15, -0.1) is 9.73 Å². The number of hydrogen-bond acceptors (Lipinski definition) is 3. The Labute approximate surface area is 76.6 Å². The van der Waals surface area contributed by atoms with E-state index >= 15 is 0 Å². The van der Waals surface area contributed by atoms with Crippen molar-refractivity contribution in [1.82, 2.24) is 19.8 Å². The van der Waals surface area contributed by atoms with Crippen LogP contribution in [0.1, 0.15) is 31.2 Å². The van der Waals surface area contributed by atoms with Gasteiger partial charge < -0.3 is 0 Å². The van der Waals surface area contributed by atoms with Crippen LogP contribution < -0.4 is 0 Å². The molecule has 0 aromatic carbocycles. The van der Waals surface area contributed by atoms with E-state index in [2.05, 4.69) is 29.0 Å². The molecule has 13 heavy (non-hydrogen) atoms. The fraction of sp³-hybridized carbons (Fsp3) is 0.444. The first-order valence-corrected chi connectivity index (χ1v) is 4.36. The van der Waals surface area contributed by atoms with Crippen molar-refractivity contribution in [2.75, 3.05) is 0 Å². The normalized spacial score (nSPS) is 11.4. The third kappa shape index (κ3) is 1.39. The van der Waals surface area contributed by atoms with Crippen molar-refractivity contribution in [3.63, 3.8) is 0 Å². The highest BCUT2D eigenvalue weighted by molar-refractivity contribution is 5.38. The first kappa shape index (κ1) is 8.16. The predicted molar refractivity (Wildman–Crippen MR) is 49.6 cm³/mol. The molecule has 0 radical (unpaired) electrons. The molecule has 2 aromatic rings. The molecule has 0 amide bonds. The number of aryl methyl sites for hydroxylation is 1. The van der Waals surface area contributed by atoms with Gasteiger partial charge in [-0.05, 0) is 24.5 Å². The van der Waals surface area contributed by atoms with Gasteiger partial charge in [0.25, 0.3) is 0 Å². The molecule has 0 unspecified atom stereocenters. The molecule has 0 atom stereocenters. The van der Waals surface area contributed by atoms with Crippen molar-refractivity contribution in [2.45, 2.75) is 26.7 Å². The standard InChI is InChI=1S/C9H12N4/c1-6(2)8-4-9-11-7(3)12-13(9)10-5-8/h4-6H,1-3H3. The summed E-state index contributed by atoms with van der Waals surface area (Å²) in [6, 6.07) is 2.03. The largest absolute Gasteiger partial charge is 0.210 e. The molecule has 0 bridgehead atoms. The minimum atomic E-state index is 0.481. The summed E-state index contributed by atoms with van der Waals surface area (Å²) in [4.78, 5) is 4.25. The van der Waals surface area contributed by atoms with Gasteiger partial charge in [0.1, 0.15) is 5.82 Å². The lowest BCUT2D eigenvalue weighted by atomic mass is 10.1. The molecule has 2 rings (SSSR count). The Hall–Kier alpha value is -1.45. The SMILES string of the molecule is Cc1nc2cc(C(C)C)cnn2n1. The quantitative estimate of drug-likeness (QED) is 0.662. The summed E-state index contributed by atoms with van der Waals surface area (Å²) in [5.74, 6) is 1.24. The molecule has 68 valence electrons. The van der Waals surface area contributed by atoms with Crippen LogP contribution in [0.25, 0.3) is 5.65 Å².